The van der Waals surface area contributed by atoms with Crippen LogP contribution in [0.4, 0.5) is 0 Å². The molecule has 0 spiro atoms. The van der Waals surface area contributed by atoms with Crippen LogP contribution >= 0.6 is 0 Å². The van der Waals surface area contributed by atoms with Crippen molar-refractivity contribution in [3.63, 3.8) is 0 Å². The highest BCUT2D eigenvalue weighted by molar-refractivity contribution is 6.31. The van der Waals surface area contributed by atoms with Gasteiger partial charge in [0.15, 0.2) is 5.72 Å². The second-order valence-corrected chi connectivity index (χ2v) is 11.5. The van der Waals surface area contributed by atoms with Gasteiger partial charge in [0.25, 0.3) is 5.91 Å². The molecule has 8 nitrogen and oxygen atoms in total. The molecule has 204 valence electrons. The number of benzene rings is 3. The predicted octanol–water partition coefficient (Wildman–Crippen LogP) is 5.61. The van der Waals surface area contributed by atoms with Crippen LogP contribution in [0.2, 0.25) is 0 Å². The Balaban J connectivity index is 1.47. The minimum Gasteiger partial charge on any atom is -0.463 e. The molecule has 8 rings (SSSR count). The molecule has 0 radical (unpaired) electrons. The fourth-order valence-corrected chi connectivity index (χ4v) is 7.53. The summed E-state index contributed by atoms with van der Waals surface area (Å²) in [5.74, 6) is -0.740. The lowest BCUT2D eigenvalue weighted by Gasteiger charge is -2.37. The van der Waals surface area contributed by atoms with Crippen molar-refractivity contribution >= 4 is 55.5 Å². The third-order valence-corrected chi connectivity index (χ3v) is 9.40. The number of aromatic nitrogens is 2. The summed E-state index contributed by atoms with van der Waals surface area (Å²) in [7, 11) is 0. The largest absolute Gasteiger partial charge is 0.463 e. The molecule has 8 heteroatoms. The maximum absolute atomic E-state index is 13.8. The van der Waals surface area contributed by atoms with Gasteiger partial charge in [-0.25, -0.2) is 4.79 Å². The third-order valence-electron chi connectivity index (χ3n) is 9.40. The Bertz CT molecular complexity index is 1920. The highest BCUT2D eigenvalue weighted by Gasteiger charge is 2.66. The number of nitrogens with one attached hydrogen (secondary N) is 1. The molecule has 0 unspecified atom stereocenters. The SMILES string of the molecule is CCCCCCOC(=O)[C@]1(O)C[C@H]2O[C@]1(C)n1c3ccccc3c3c4c(c5c6ccccc6n2c5c31)C(=O)NC4. The smallest absolute Gasteiger partial charge is 0.343 e. The number of amides is 1. The number of carbonyl (C=O) groups is 2. The lowest BCUT2D eigenvalue weighted by Crippen LogP contribution is -2.56. The standard InChI is InChI=1S/C32H31N3O5/c1-3-4-5-10-15-39-30(37)32(38)16-23-34-21-13-8-6-11-18(21)25-26-20(17-33-29(26)36)24-19-12-7-9-14-22(19)35(28(24)27(25)34)31(32,2)40-23/h6-9,11-14,23,38H,3-5,10,15-17H2,1-2H3,(H,33,36)/t23-,31+,32-/m1/s1. The first-order valence-corrected chi connectivity index (χ1v) is 14.3. The topological polar surface area (TPSA) is 94.7 Å². The van der Waals surface area contributed by atoms with Crippen molar-refractivity contribution in [2.75, 3.05) is 6.61 Å². The number of carbonyl (C=O) groups excluding carboxylic acids is 2. The van der Waals surface area contributed by atoms with Crippen LogP contribution < -0.4 is 5.32 Å². The van der Waals surface area contributed by atoms with Crippen molar-refractivity contribution in [3.8, 4) is 0 Å². The van der Waals surface area contributed by atoms with Crippen molar-refractivity contribution in [2.45, 2.75) is 70.1 Å². The number of ether oxygens (including phenoxy) is 2. The quantitative estimate of drug-likeness (QED) is 0.217. The number of esters is 1. The van der Waals surface area contributed by atoms with Crippen molar-refractivity contribution in [1.29, 1.82) is 0 Å². The summed E-state index contributed by atoms with van der Waals surface area (Å²) in [4.78, 5) is 27.1. The summed E-state index contributed by atoms with van der Waals surface area (Å²) >= 11 is 0. The second kappa shape index (κ2) is 8.08. The van der Waals surface area contributed by atoms with Gasteiger partial charge in [-0.1, -0.05) is 62.6 Å². The Morgan fingerprint density at radius 3 is 2.55 bits per heavy atom. The van der Waals surface area contributed by atoms with Gasteiger partial charge in [-0.15, -0.1) is 0 Å². The van der Waals surface area contributed by atoms with E-state index in [1.165, 1.54) is 0 Å². The zero-order valence-corrected chi connectivity index (χ0v) is 22.6. The van der Waals surface area contributed by atoms with E-state index in [1.54, 1.807) is 6.92 Å². The van der Waals surface area contributed by atoms with Crippen molar-refractivity contribution < 1.29 is 24.2 Å². The van der Waals surface area contributed by atoms with E-state index < -0.39 is 23.5 Å². The average molecular weight is 538 g/mol. The normalized spacial score (nSPS) is 24.9. The molecule has 5 heterocycles. The minimum atomic E-state index is -1.93. The lowest BCUT2D eigenvalue weighted by atomic mass is 9.88. The maximum atomic E-state index is 13.8. The molecule has 3 aliphatic rings. The van der Waals surface area contributed by atoms with Gasteiger partial charge in [0.2, 0.25) is 5.60 Å². The van der Waals surface area contributed by atoms with E-state index in [0.29, 0.717) is 12.1 Å². The first-order valence-electron chi connectivity index (χ1n) is 14.3. The van der Waals surface area contributed by atoms with E-state index in [4.69, 9.17) is 9.47 Å². The number of para-hydroxylation sites is 2. The van der Waals surface area contributed by atoms with Crippen LogP contribution in [-0.4, -0.2) is 38.3 Å². The Labute approximate surface area is 230 Å². The Morgan fingerprint density at radius 2 is 1.77 bits per heavy atom. The highest BCUT2D eigenvalue weighted by atomic mass is 16.6. The van der Waals surface area contributed by atoms with Crippen LogP contribution in [0, 0.1) is 0 Å². The van der Waals surface area contributed by atoms with Gasteiger partial charge in [-0.2, -0.15) is 0 Å². The zero-order valence-electron chi connectivity index (χ0n) is 22.6. The number of fused-ring (bicyclic) bond motifs is 13. The molecule has 3 atom stereocenters. The van der Waals surface area contributed by atoms with Crippen molar-refractivity contribution in [1.82, 2.24) is 14.5 Å². The zero-order chi connectivity index (χ0) is 27.4. The molecule has 2 bridgehead atoms. The Morgan fingerprint density at radius 1 is 1.05 bits per heavy atom. The number of aliphatic hydroxyl groups is 1. The maximum Gasteiger partial charge on any atom is 0.343 e. The molecular weight excluding hydrogens is 506 g/mol. The van der Waals surface area contributed by atoms with Crippen LogP contribution in [0.5, 0.6) is 0 Å². The molecule has 0 saturated carbocycles. The first kappa shape index (κ1) is 24.0. The Hall–Kier alpha value is -3.88. The minimum absolute atomic E-state index is 0.0296. The fraction of sp³-hybridized carbons (Fsp3) is 0.375. The summed E-state index contributed by atoms with van der Waals surface area (Å²) in [6.07, 6.45) is 3.28. The van der Waals surface area contributed by atoms with Crippen molar-refractivity contribution in [2.24, 2.45) is 0 Å². The molecular formula is C32H31N3O5. The molecule has 0 aliphatic carbocycles. The summed E-state index contributed by atoms with van der Waals surface area (Å²) < 4.78 is 16.7. The fourth-order valence-electron chi connectivity index (χ4n) is 7.53. The average Bonchev–Trinajstić information content (AvgIpc) is 3.65. The summed E-state index contributed by atoms with van der Waals surface area (Å²) in [5, 5.41) is 19.2. The molecule has 2 N–H and O–H groups in total. The molecule has 3 aromatic carbocycles. The van der Waals surface area contributed by atoms with Gasteiger partial charge in [-0.05, 0) is 31.0 Å². The van der Waals surface area contributed by atoms with Crippen LogP contribution in [0.1, 0.15) is 68.1 Å². The van der Waals surface area contributed by atoms with Gasteiger partial charge in [-0.3, -0.25) is 4.79 Å². The number of nitrogens with zero attached hydrogens (tertiary/aromatic N) is 2. The summed E-state index contributed by atoms with van der Waals surface area (Å²) in [6.45, 7) is 4.61. The Kier molecular flexibility index (Phi) is 4.84. The first-order chi connectivity index (χ1) is 19.4. The van der Waals surface area contributed by atoms with Crippen LogP contribution in [0.3, 0.4) is 0 Å². The van der Waals surface area contributed by atoms with Crippen LogP contribution in [-0.2, 0) is 26.5 Å². The van der Waals surface area contributed by atoms with Gasteiger partial charge in [0.1, 0.15) is 6.23 Å². The van der Waals surface area contributed by atoms with Crippen LogP contribution in [0.15, 0.2) is 48.5 Å². The van der Waals surface area contributed by atoms with Gasteiger partial charge >= 0.3 is 5.97 Å². The molecule has 1 amide bonds. The van der Waals surface area contributed by atoms with Crippen molar-refractivity contribution in [3.05, 3.63) is 59.7 Å². The number of hydrogen-bond acceptors (Lipinski definition) is 5. The van der Waals surface area contributed by atoms with Gasteiger partial charge < -0.3 is 29.0 Å². The molecule has 3 aliphatic heterocycles. The predicted molar refractivity (Wildman–Crippen MR) is 152 cm³/mol. The van der Waals surface area contributed by atoms with E-state index in [2.05, 4.69) is 16.8 Å². The molecule has 5 aromatic rings. The number of rotatable bonds is 6. The van der Waals surface area contributed by atoms with E-state index in [-0.39, 0.29) is 18.9 Å². The third kappa shape index (κ3) is 2.73. The number of unbranched alkanes of at least 4 members (excludes halogenated alkanes) is 3. The van der Waals surface area contributed by atoms with E-state index in [9.17, 15) is 14.7 Å². The van der Waals surface area contributed by atoms with E-state index in [1.807, 2.05) is 53.1 Å². The molecule has 1 fully saturated rings. The highest BCUT2D eigenvalue weighted by Crippen LogP contribution is 2.57. The monoisotopic (exact) mass is 537 g/mol. The summed E-state index contributed by atoms with van der Waals surface area (Å²) in [6, 6.07) is 16.0. The molecule has 40 heavy (non-hydrogen) atoms. The van der Waals surface area contributed by atoms with E-state index in [0.717, 1.165) is 74.9 Å². The lowest BCUT2D eigenvalue weighted by molar-refractivity contribution is -0.204. The second-order valence-electron chi connectivity index (χ2n) is 11.5. The van der Waals surface area contributed by atoms with Gasteiger partial charge in [0.05, 0.1) is 34.2 Å². The van der Waals surface area contributed by atoms with Crippen LogP contribution in [0.25, 0.3) is 43.6 Å². The summed E-state index contributed by atoms with van der Waals surface area (Å²) in [5.41, 5.74) is 1.75. The number of hydrogen-bond donors (Lipinski definition) is 2. The molecule has 2 aromatic heterocycles. The van der Waals surface area contributed by atoms with E-state index >= 15 is 0 Å². The van der Waals surface area contributed by atoms with Gasteiger partial charge in [0, 0.05) is 34.5 Å². The molecule has 1 saturated heterocycles.